The summed E-state index contributed by atoms with van der Waals surface area (Å²) in [5.74, 6) is 1.39. The monoisotopic (exact) mass is 211 g/mol. The minimum atomic E-state index is 0.274. The molecule has 4 nitrogen and oxygen atoms in total. The number of ether oxygens (including phenoxy) is 1. The highest BCUT2D eigenvalue weighted by Gasteiger charge is 2.31. The van der Waals surface area contributed by atoms with Crippen molar-refractivity contribution in [2.24, 2.45) is 16.6 Å². The van der Waals surface area contributed by atoms with Gasteiger partial charge in [0.25, 0.3) is 0 Å². The molecule has 0 bridgehead atoms. The van der Waals surface area contributed by atoms with E-state index in [9.17, 15) is 0 Å². The minimum Gasteiger partial charge on any atom is -0.379 e. The predicted octanol–water partition coefficient (Wildman–Crippen LogP) is 0.820. The molecular formula is C11H21N3O. The van der Waals surface area contributed by atoms with Gasteiger partial charge in [0.15, 0.2) is 5.96 Å². The molecule has 1 atom stereocenters. The van der Waals surface area contributed by atoms with E-state index in [1.807, 2.05) is 7.05 Å². The van der Waals surface area contributed by atoms with E-state index in [0.29, 0.717) is 18.5 Å². The van der Waals surface area contributed by atoms with E-state index in [2.05, 4.69) is 9.89 Å². The highest BCUT2D eigenvalue weighted by Crippen LogP contribution is 2.34. The van der Waals surface area contributed by atoms with Gasteiger partial charge in [-0.3, -0.25) is 4.99 Å². The summed E-state index contributed by atoms with van der Waals surface area (Å²) in [5.41, 5.74) is 5.90. The molecule has 2 fully saturated rings. The number of aliphatic imine (C=N–C) groups is 1. The second kappa shape index (κ2) is 4.39. The Morgan fingerprint density at radius 1 is 1.47 bits per heavy atom. The first-order valence-electron chi connectivity index (χ1n) is 5.78. The van der Waals surface area contributed by atoms with Gasteiger partial charge in [0.2, 0.25) is 0 Å². The molecule has 4 heteroatoms. The van der Waals surface area contributed by atoms with Crippen LogP contribution in [0.3, 0.4) is 0 Å². The fraction of sp³-hybridized carbons (Fsp3) is 0.909. The maximum Gasteiger partial charge on any atom is 0.191 e. The number of guanidine groups is 1. The third kappa shape index (κ3) is 2.84. The van der Waals surface area contributed by atoms with Gasteiger partial charge < -0.3 is 15.4 Å². The Morgan fingerprint density at radius 3 is 2.60 bits per heavy atom. The zero-order valence-electron chi connectivity index (χ0n) is 9.65. The number of rotatable bonds is 5. The van der Waals surface area contributed by atoms with E-state index in [-0.39, 0.29) is 6.10 Å². The first-order chi connectivity index (χ1) is 7.22. The summed E-state index contributed by atoms with van der Waals surface area (Å²) < 4.78 is 5.40. The van der Waals surface area contributed by atoms with Gasteiger partial charge >= 0.3 is 0 Å². The number of nitrogens with zero attached hydrogens (tertiary/aromatic N) is 2. The third-order valence-corrected chi connectivity index (χ3v) is 3.34. The van der Waals surface area contributed by atoms with Crippen molar-refractivity contribution in [3.63, 3.8) is 0 Å². The lowest BCUT2D eigenvalue weighted by Crippen LogP contribution is -2.36. The maximum atomic E-state index is 5.90. The van der Waals surface area contributed by atoms with Crippen LogP contribution in [0.5, 0.6) is 0 Å². The van der Waals surface area contributed by atoms with Gasteiger partial charge in [0, 0.05) is 20.2 Å². The Kier molecular flexibility index (Phi) is 3.14. The van der Waals surface area contributed by atoms with Crippen LogP contribution in [0.15, 0.2) is 4.99 Å². The molecule has 0 aliphatic heterocycles. The standard InChI is InChI=1S/C11H21N3O/c1-14(9-5-6-9)11(12)13-7-10(15-2)8-3-4-8/h8-10H,3-7H2,1-2H3,(H2,12,13). The van der Waals surface area contributed by atoms with E-state index >= 15 is 0 Å². The van der Waals surface area contributed by atoms with Crippen molar-refractivity contribution in [2.75, 3.05) is 20.7 Å². The largest absolute Gasteiger partial charge is 0.379 e. The van der Waals surface area contributed by atoms with Crippen LogP contribution < -0.4 is 5.73 Å². The molecular weight excluding hydrogens is 190 g/mol. The molecule has 0 spiro atoms. The summed E-state index contributed by atoms with van der Waals surface area (Å²) >= 11 is 0. The first-order valence-corrected chi connectivity index (χ1v) is 5.78. The van der Waals surface area contributed by atoms with Gasteiger partial charge in [-0.05, 0) is 31.6 Å². The van der Waals surface area contributed by atoms with Gasteiger partial charge in [-0.15, -0.1) is 0 Å². The molecule has 0 aromatic rings. The molecule has 0 saturated heterocycles. The van der Waals surface area contributed by atoms with Crippen LogP contribution in [-0.2, 0) is 4.74 Å². The second-order valence-corrected chi connectivity index (χ2v) is 4.65. The van der Waals surface area contributed by atoms with Crippen molar-refractivity contribution in [1.82, 2.24) is 4.90 Å². The minimum absolute atomic E-state index is 0.274. The summed E-state index contributed by atoms with van der Waals surface area (Å²) in [5, 5.41) is 0. The summed E-state index contributed by atoms with van der Waals surface area (Å²) in [7, 11) is 3.79. The van der Waals surface area contributed by atoms with Gasteiger partial charge in [-0.1, -0.05) is 0 Å². The van der Waals surface area contributed by atoms with E-state index < -0.39 is 0 Å². The fourth-order valence-corrected chi connectivity index (χ4v) is 1.83. The normalized spacial score (nSPS) is 24.0. The molecule has 2 saturated carbocycles. The number of hydrogen-bond donors (Lipinski definition) is 1. The molecule has 2 aliphatic rings. The smallest absolute Gasteiger partial charge is 0.191 e. The SMILES string of the molecule is COC(CN=C(N)N(C)C1CC1)C1CC1. The second-order valence-electron chi connectivity index (χ2n) is 4.65. The highest BCUT2D eigenvalue weighted by molar-refractivity contribution is 5.78. The predicted molar refractivity (Wildman–Crippen MR) is 60.8 cm³/mol. The molecule has 0 aromatic carbocycles. The van der Waals surface area contributed by atoms with Crippen LogP contribution in [0.25, 0.3) is 0 Å². The molecule has 2 N–H and O–H groups in total. The van der Waals surface area contributed by atoms with Crippen molar-refractivity contribution < 1.29 is 4.74 Å². The molecule has 86 valence electrons. The topological polar surface area (TPSA) is 50.9 Å². The van der Waals surface area contributed by atoms with E-state index in [1.54, 1.807) is 7.11 Å². The summed E-state index contributed by atoms with van der Waals surface area (Å²) in [6, 6.07) is 0.635. The van der Waals surface area contributed by atoms with Crippen LogP contribution in [0, 0.1) is 5.92 Å². The Hall–Kier alpha value is -0.770. The van der Waals surface area contributed by atoms with Gasteiger partial charge in [-0.2, -0.15) is 0 Å². The lowest BCUT2D eigenvalue weighted by Gasteiger charge is -2.18. The van der Waals surface area contributed by atoms with Crippen LogP contribution in [0.1, 0.15) is 25.7 Å². The van der Waals surface area contributed by atoms with Crippen molar-refractivity contribution >= 4 is 5.96 Å². The molecule has 15 heavy (non-hydrogen) atoms. The lowest BCUT2D eigenvalue weighted by molar-refractivity contribution is 0.0917. The van der Waals surface area contributed by atoms with Gasteiger partial charge in [-0.25, -0.2) is 0 Å². The number of hydrogen-bond acceptors (Lipinski definition) is 2. The van der Waals surface area contributed by atoms with Crippen molar-refractivity contribution in [2.45, 2.75) is 37.8 Å². The quantitative estimate of drug-likeness (QED) is 0.541. The highest BCUT2D eigenvalue weighted by atomic mass is 16.5. The zero-order chi connectivity index (χ0) is 10.8. The van der Waals surface area contributed by atoms with Crippen molar-refractivity contribution in [3.05, 3.63) is 0 Å². The Labute approximate surface area is 91.5 Å². The summed E-state index contributed by atoms with van der Waals surface area (Å²) in [4.78, 5) is 6.50. The van der Waals surface area contributed by atoms with Crippen LogP contribution >= 0.6 is 0 Å². The van der Waals surface area contributed by atoms with E-state index in [4.69, 9.17) is 10.5 Å². The Morgan fingerprint density at radius 2 is 2.13 bits per heavy atom. The van der Waals surface area contributed by atoms with Crippen molar-refractivity contribution in [1.29, 1.82) is 0 Å². The van der Waals surface area contributed by atoms with Crippen LogP contribution in [-0.4, -0.2) is 43.7 Å². The van der Waals surface area contributed by atoms with Gasteiger partial charge in [0.1, 0.15) is 0 Å². The van der Waals surface area contributed by atoms with Crippen molar-refractivity contribution in [3.8, 4) is 0 Å². The van der Waals surface area contributed by atoms with E-state index in [1.165, 1.54) is 25.7 Å². The first kappa shape index (κ1) is 10.7. The molecule has 1 unspecified atom stereocenters. The summed E-state index contributed by atoms with van der Waals surface area (Å²) in [6.07, 6.45) is 5.35. The van der Waals surface area contributed by atoms with Gasteiger partial charge in [0.05, 0.1) is 12.6 Å². The van der Waals surface area contributed by atoms with Crippen LogP contribution in [0.2, 0.25) is 0 Å². The maximum absolute atomic E-state index is 5.90. The Balaban J connectivity index is 1.79. The summed E-state index contributed by atoms with van der Waals surface area (Å²) in [6.45, 7) is 0.712. The molecule has 0 amide bonds. The molecule has 0 radical (unpaired) electrons. The average Bonchev–Trinajstić information content (AvgIpc) is 3.06. The molecule has 0 heterocycles. The lowest BCUT2D eigenvalue weighted by atomic mass is 10.2. The third-order valence-electron chi connectivity index (χ3n) is 3.34. The molecule has 2 rings (SSSR count). The average molecular weight is 211 g/mol. The Bertz CT molecular complexity index is 246. The molecule has 2 aliphatic carbocycles. The fourth-order valence-electron chi connectivity index (χ4n) is 1.83. The molecule has 0 aromatic heterocycles. The van der Waals surface area contributed by atoms with E-state index in [0.717, 1.165) is 5.92 Å². The number of nitrogens with two attached hydrogens (primary N) is 1. The van der Waals surface area contributed by atoms with Crippen LogP contribution in [0.4, 0.5) is 0 Å². The number of methoxy groups -OCH3 is 1. The zero-order valence-corrected chi connectivity index (χ0v) is 9.65.